The molecule has 1 amide bonds. The standard InChI is InChI=1S/C27H28ClN7O3/c28-23-15-30-26(12-22(23)24-2-1-3-25(33-24)29-13-18-8-10-38-11-9-18)32-21-14-31-35(17-21)16-19-4-6-20(7-5-19)27(36)34-37/h1-7,12,14-15,17-18,37H,8-11,13,16H2,(H,29,33)(H,30,32)(H,34,36). The summed E-state index contributed by atoms with van der Waals surface area (Å²) in [5.41, 5.74) is 5.25. The molecule has 0 atom stereocenters. The van der Waals surface area contributed by atoms with Crippen molar-refractivity contribution in [3.63, 3.8) is 0 Å². The Balaban J connectivity index is 1.24. The van der Waals surface area contributed by atoms with Gasteiger partial charge in [0.15, 0.2) is 0 Å². The Labute approximate surface area is 225 Å². The smallest absolute Gasteiger partial charge is 0.274 e. The van der Waals surface area contributed by atoms with Gasteiger partial charge in [-0.1, -0.05) is 29.8 Å². The fraction of sp³-hybridized carbons (Fsp3) is 0.259. The second-order valence-electron chi connectivity index (χ2n) is 9.08. The summed E-state index contributed by atoms with van der Waals surface area (Å²) in [6, 6.07) is 14.6. The van der Waals surface area contributed by atoms with Crippen molar-refractivity contribution >= 4 is 34.8 Å². The average Bonchev–Trinajstić information content (AvgIpc) is 3.40. The number of hydroxylamine groups is 1. The third-order valence-electron chi connectivity index (χ3n) is 6.36. The van der Waals surface area contributed by atoms with E-state index in [2.05, 4.69) is 20.7 Å². The first kappa shape index (κ1) is 25.7. The molecule has 1 aromatic carbocycles. The molecule has 4 N–H and O–H groups in total. The average molecular weight is 534 g/mol. The number of rotatable bonds is 9. The second-order valence-corrected chi connectivity index (χ2v) is 9.49. The molecule has 4 heterocycles. The van der Waals surface area contributed by atoms with E-state index >= 15 is 0 Å². The van der Waals surface area contributed by atoms with Crippen LogP contribution in [-0.2, 0) is 11.3 Å². The predicted molar refractivity (Wildman–Crippen MR) is 145 cm³/mol. The number of hydrogen-bond donors (Lipinski definition) is 4. The number of carbonyl (C=O) groups excluding carboxylic acids is 1. The predicted octanol–water partition coefficient (Wildman–Crippen LogP) is 4.74. The second kappa shape index (κ2) is 12.0. The van der Waals surface area contributed by atoms with E-state index in [1.54, 1.807) is 34.7 Å². The van der Waals surface area contributed by atoms with Crippen molar-refractivity contribution in [3.8, 4) is 11.3 Å². The lowest BCUT2D eigenvalue weighted by Gasteiger charge is -2.22. The van der Waals surface area contributed by atoms with Crippen LogP contribution in [-0.4, -0.2) is 50.6 Å². The van der Waals surface area contributed by atoms with Crippen LogP contribution < -0.4 is 16.1 Å². The third kappa shape index (κ3) is 6.46. The number of aromatic nitrogens is 4. The van der Waals surface area contributed by atoms with Crippen LogP contribution in [0, 0.1) is 5.92 Å². The lowest BCUT2D eigenvalue weighted by atomic mass is 10.0. The van der Waals surface area contributed by atoms with Crippen LogP contribution in [0.25, 0.3) is 11.3 Å². The first-order chi connectivity index (χ1) is 18.6. The van der Waals surface area contributed by atoms with Gasteiger partial charge in [0.1, 0.15) is 11.6 Å². The van der Waals surface area contributed by atoms with Gasteiger partial charge in [-0.25, -0.2) is 15.4 Å². The number of anilines is 3. The number of nitrogens with one attached hydrogen (secondary N) is 3. The lowest BCUT2D eigenvalue weighted by Crippen LogP contribution is -2.22. The number of benzene rings is 1. The summed E-state index contributed by atoms with van der Waals surface area (Å²) in [4.78, 5) is 20.7. The Morgan fingerprint density at radius 2 is 1.92 bits per heavy atom. The van der Waals surface area contributed by atoms with Crippen LogP contribution in [0.4, 0.5) is 17.3 Å². The Kier molecular flexibility index (Phi) is 8.12. The van der Waals surface area contributed by atoms with E-state index in [0.29, 0.717) is 28.9 Å². The highest BCUT2D eigenvalue weighted by Crippen LogP contribution is 2.30. The first-order valence-corrected chi connectivity index (χ1v) is 12.7. The van der Waals surface area contributed by atoms with Gasteiger partial charge in [0.05, 0.1) is 29.1 Å². The summed E-state index contributed by atoms with van der Waals surface area (Å²) >= 11 is 6.50. The molecule has 1 aliphatic heterocycles. The van der Waals surface area contributed by atoms with E-state index in [-0.39, 0.29) is 0 Å². The number of nitrogens with zero attached hydrogens (tertiary/aromatic N) is 4. The summed E-state index contributed by atoms with van der Waals surface area (Å²) in [5.74, 6) is 1.46. The SMILES string of the molecule is O=C(NO)c1ccc(Cn2cc(Nc3cc(-c4cccc(NCC5CCOCC5)n4)c(Cl)cn3)cn2)cc1. The van der Waals surface area contributed by atoms with E-state index in [1.807, 2.05) is 42.6 Å². The molecule has 5 rings (SSSR count). The molecule has 10 nitrogen and oxygen atoms in total. The van der Waals surface area contributed by atoms with Crippen molar-refractivity contribution in [2.75, 3.05) is 30.4 Å². The quantitative estimate of drug-likeness (QED) is 0.179. The number of halogens is 1. The zero-order valence-electron chi connectivity index (χ0n) is 20.6. The maximum absolute atomic E-state index is 11.5. The summed E-state index contributed by atoms with van der Waals surface area (Å²) in [6.45, 7) is 3.02. The Morgan fingerprint density at radius 3 is 2.71 bits per heavy atom. The van der Waals surface area contributed by atoms with Gasteiger partial charge in [-0.2, -0.15) is 5.10 Å². The summed E-state index contributed by atoms with van der Waals surface area (Å²) in [7, 11) is 0. The van der Waals surface area contributed by atoms with Crippen molar-refractivity contribution < 1.29 is 14.7 Å². The molecule has 38 heavy (non-hydrogen) atoms. The molecule has 1 aliphatic rings. The highest BCUT2D eigenvalue weighted by Gasteiger charge is 2.14. The zero-order chi connectivity index (χ0) is 26.3. The van der Waals surface area contributed by atoms with Crippen LogP contribution in [0.1, 0.15) is 28.8 Å². The zero-order valence-corrected chi connectivity index (χ0v) is 21.4. The largest absolute Gasteiger partial charge is 0.381 e. The molecular weight excluding hydrogens is 506 g/mol. The van der Waals surface area contributed by atoms with Gasteiger partial charge in [-0.15, -0.1) is 0 Å². The molecule has 4 aromatic rings. The van der Waals surface area contributed by atoms with Crippen molar-refractivity contribution in [1.82, 2.24) is 25.2 Å². The minimum absolute atomic E-state index is 0.374. The normalized spacial score (nSPS) is 13.7. The maximum atomic E-state index is 11.5. The molecule has 11 heteroatoms. The molecule has 0 aliphatic carbocycles. The topological polar surface area (TPSA) is 126 Å². The van der Waals surface area contributed by atoms with Crippen LogP contribution >= 0.6 is 11.6 Å². The summed E-state index contributed by atoms with van der Waals surface area (Å²) in [6.07, 6.45) is 7.30. The molecule has 3 aromatic heterocycles. The molecular formula is C27H28ClN7O3. The number of carbonyl (C=O) groups is 1. The monoisotopic (exact) mass is 533 g/mol. The van der Waals surface area contributed by atoms with Gasteiger partial charge >= 0.3 is 0 Å². The number of amides is 1. The van der Waals surface area contributed by atoms with E-state index in [0.717, 1.165) is 60.9 Å². The van der Waals surface area contributed by atoms with Gasteiger partial charge in [0, 0.05) is 43.3 Å². The molecule has 0 radical (unpaired) electrons. The Morgan fingerprint density at radius 1 is 1.11 bits per heavy atom. The van der Waals surface area contributed by atoms with Crippen molar-refractivity contribution in [2.45, 2.75) is 19.4 Å². The number of hydrogen-bond acceptors (Lipinski definition) is 8. The minimum atomic E-state index is -0.551. The lowest BCUT2D eigenvalue weighted by molar-refractivity contribution is 0.0698. The minimum Gasteiger partial charge on any atom is -0.381 e. The fourth-order valence-electron chi connectivity index (χ4n) is 4.26. The van der Waals surface area contributed by atoms with Crippen molar-refractivity contribution in [3.05, 3.63) is 83.3 Å². The van der Waals surface area contributed by atoms with Gasteiger partial charge < -0.3 is 15.4 Å². The highest BCUT2D eigenvalue weighted by atomic mass is 35.5. The highest BCUT2D eigenvalue weighted by molar-refractivity contribution is 6.33. The molecule has 1 saturated heterocycles. The van der Waals surface area contributed by atoms with Gasteiger partial charge in [0.25, 0.3) is 5.91 Å². The van der Waals surface area contributed by atoms with E-state index in [9.17, 15) is 4.79 Å². The molecule has 196 valence electrons. The molecule has 0 unspecified atom stereocenters. The molecule has 0 bridgehead atoms. The van der Waals surface area contributed by atoms with Gasteiger partial charge in [-0.05, 0) is 54.7 Å². The number of pyridine rings is 2. The fourth-order valence-corrected chi connectivity index (χ4v) is 4.46. The molecule has 0 saturated carbocycles. The van der Waals surface area contributed by atoms with Crippen LogP contribution in [0.15, 0.2) is 67.1 Å². The van der Waals surface area contributed by atoms with E-state index in [1.165, 1.54) is 0 Å². The van der Waals surface area contributed by atoms with E-state index < -0.39 is 5.91 Å². The van der Waals surface area contributed by atoms with Crippen LogP contribution in [0.2, 0.25) is 5.02 Å². The molecule has 0 spiro atoms. The van der Waals surface area contributed by atoms with Crippen LogP contribution in [0.3, 0.4) is 0 Å². The van der Waals surface area contributed by atoms with E-state index in [4.69, 9.17) is 26.5 Å². The van der Waals surface area contributed by atoms with Crippen LogP contribution in [0.5, 0.6) is 0 Å². The Bertz CT molecular complexity index is 1390. The summed E-state index contributed by atoms with van der Waals surface area (Å²) in [5, 5.41) is 20.4. The van der Waals surface area contributed by atoms with Crippen molar-refractivity contribution in [1.29, 1.82) is 0 Å². The summed E-state index contributed by atoms with van der Waals surface area (Å²) < 4.78 is 7.22. The maximum Gasteiger partial charge on any atom is 0.274 e. The van der Waals surface area contributed by atoms with Gasteiger partial charge in [0.2, 0.25) is 0 Å². The Hall–Kier alpha value is -3.99. The molecule has 1 fully saturated rings. The third-order valence-corrected chi connectivity index (χ3v) is 6.66. The number of ether oxygens (including phenoxy) is 1. The van der Waals surface area contributed by atoms with Crippen molar-refractivity contribution in [2.24, 2.45) is 5.92 Å². The first-order valence-electron chi connectivity index (χ1n) is 12.3. The van der Waals surface area contributed by atoms with Gasteiger partial charge in [-0.3, -0.25) is 14.7 Å².